The van der Waals surface area contributed by atoms with Crippen molar-refractivity contribution in [1.82, 2.24) is 9.38 Å². The van der Waals surface area contributed by atoms with Gasteiger partial charge in [0.1, 0.15) is 5.82 Å². The summed E-state index contributed by atoms with van der Waals surface area (Å²) in [4.78, 5) is 4.38. The van der Waals surface area contributed by atoms with Crippen molar-refractivity contribution in [3.8, 4) is 0 Å². The number of hydrogen-bond donors (Lipinski definition) is 1. The Balaban J connectivity index is 3.03. The van der Waals surface area contributed by atoms with Crippen LogP contribution in [0.25, 0.3) is 5.65 Å². The number of nitrogens with zero attached hydrogens (tertiary/aromatic N) is 2. The van der Waals surface area contributed by atoms with Crippen LogP contribution in [0.5, 0.6) is 0 Å². The summed E-state index contributed by atoms with van der Waals surface area (Å²) in [5.74, 6) is 0.694. The van der Waals surface area contributed by atoms with Crippen LogP contribution in [0, 0.1) is 13.8 Å². The SMILES string of the molecule is Cc1nc2c(Br)cc(Br)c(C)n2c1N. The molecule has 2 aromatic rings. The second kappa shape index (κ2) is 3.24. The lowest BCUT2D eigenvalue weighted by molar-refractivity contribution is 1.08. The highest BCUT2D eigenvalue weighted by atomic mass is 79.9. The topological polar surface area (TPSA) is 43.3 Å². The van der Waals surface area contributed by atoms with E-state index in [-0.39, 0.29) is 0 Å². The Bertz CT molecular complexity index is 516. The van der Waals surface area contributed by atoms with Crippen LogP contribution in [0.15, 0.2) is 15.0 Å². The van der Waals surface area contributed by atoms with Crippen LogP contribution in [-0.4, -0.2) is 9.38 Å². The zero-order valence-corrected chi connectivity index (χ0v) is 11.0. The van der Waals surface area contributed by atoms with Gasteiger partial charge in [-0.05, 0) is 51.8 Å². The van der Waals surface area contributed by atoms with Crippen molar-refractivity contribution in [2.24, 2.45) is 0 Å². The Morgan fingerprint density at radius 2 is 1.93 bits per heavy atom. The molecule has 0 saturated carbocycles. The largest absolute Gasteiger partial charge is 0.383 e. The molecule has 0 amide bonds. The minimum absolute atomic E-state index is 0.694. The third-order valence-electron chi connectivity index (χ3n) is 2.25. The summed E-state index contributed by atoms with van der Waals surface area (Å²) in [5.41, 5.74) is 8.71. The first-order valence-corrected chi connectivity index (χ1v) is 5.70. The minimum atomic E-state index is 0.694. The third-order valence-corrected chi connectivity index (χ3v) is 3.63. The van der Waals surface area contributed by atoms with E-state index in [1.165, 1.54) is 0 Å². The molecule has 0 fully saturated rings. The van der Waals surface area contributed by atoms with Crippen LogP contribution < -0.4 is 5.73 Å². The molecule has 5 heteroatoms. The highest BCUT2D eigenvalue weighted by Gasteiger charge is 2.12. The summed E-state index contributed by atoms with van der Waals surface area (Å²) >= 11 is 6.94. The van der Waals surface area contributed by atoms with Crippen molar-refractivity contribution in [3.05, 3.63) is 26.4 Å². The van der Waals surface area contributed by atoms with E-state index in [1.54, 1.807) is 0 Å². The Hall–Kier alpha value is -0.550. The van der Waals surface area contributed by atoms with E-state index in [0.717, 1.165) is 26.0 Å². The van der Waals surface area contributed by atoms with Crippen LogP contribution in [0.1, 0.15) is 11.4 Å². The van der Waals surface area contributed by atoms with E-state index in [2.05, 4.69) is 36.8 Å². The Labute approximate surface area is 98.6 Å². The van der Waals surface area contributed by atoms with Gasteiger partial charge in [0.05, 0.1) is 10.2 Å². The summed E-state index contributed by atoms with van der Waals surface area (Å²) in [6.45, 7) is 3.91. The molecule has 0 aliphatic carbocycles. The van der Waals surface area contributed by atoms with Crippen LogP contribution >= 0.6 is 31.9 Å². The lowest BCUT2D eigenvalue weighted by Gasteiger charge is -2.05. The molecule has 0 radical (unpaired) electrons. The fourth-order valence-corrected chi connectivity index (χ4v) is 2.64. The number of anilines is 1. The van der Waals surface area contributed by atoms with Crippen molar-refractivity contribution in [2.45, 2.75) is 13.8 Å². The zero-order chi connectivity index (χ0) is 10.5. The van der Waals surface area contributed by atoms with Crippen molar-refractivity contribution >= 4 is 43.3 Å². The molecular weight excluding hydrogens is 310 g/mol. The normalized spacial score (nSPS) is 11.1. The van der Waals surface area contributed by atoms with Gasteiger partial charge < -0.3 is 5.73 Å². The van der Waals surface area contributed by atoms with Gasteiger partial charge in [0.25, 0.3) is 0 Å². The number of rotatable bonds is 0. The van der Waals surface area contributed by atoms with E-state index in [4.69, 9.17) is 5.73 Å². The number of aromatic nitrogens is 2. The quantitative estimate of drug-likeness (QED) is 0.811. The molecule has 2 N–H and O–H groups in total. The van der Waals surface area contributed by atoms with Crippen LogP contribution in [-0.2, 0) is 0 Å². The van der Waals surface area contributed by atoms with Gasteiger partial charge in [0.15, 0.2) is 5.65 Å². The maximum atomic E-state index is 5.94. The molecule has 0 aromatic carbocycles. The number of nitrogens with two attached hydrogens (primary N) is 1. The first-order chi connectivity index (χ1) is 6.52. The molecule has 0 atom stereocenters. The third kappa shape index (κ3) is 1.26. The summed E-state index contributed by atoms with van der Waals surface area (Å²) in [5, 5.41) is 0. The van der Waals surface area contributed by atoms with Crippen molar-refractivity contribution < 1.29 is 0 Å². The molecule has 0 aliphatic heterocycles. The fraction of sp³-hybridized carbons (Fsp3) is 0.222. The summed E-state index contributed by atoms with van der Waals surface area (Å²) < 4.78 is 3.89. The Kier molecular flexibility index (Phi) is 2.31. The molecule has 2 heterocycles. The summed E-state index contributed by atoms with van der Waals surface area (Å²) in [7, 11) is 0. The van der Waals surface area contributed by atoms with E-state index >= 15 is 0 Å². The molecule has 0 saturated heterocycles. The van der Waals surface area contributed by atoms with E-state index in [9.17, 15) is 0 Å². The average molecular weight is 319 g/mol. The smallest absolute Gasteiger partial charge is 0.153 e. The lowest BCUT2D eigenvalue weighted by atomic mass is 10.3. The van der Waals surface area contributed by atoms with Gasteiger partial charge >= 0.3 is 0 Å². The number of hydrogen-bond acceptors (Lipinski definition) is 2. The number of imidazole rings is 1. The van der Waals surface area contributed by atoms with E-state index in [1.807, 2.05) is 24.3 Å². The number of fused-ring (bicyclic) bond motifs is 1. The number of halogens is 2. The van der Waals surface area contributed by atoms with Gasteiger partial charge in [-0.25, -0.2) is 4.98 Å². The maximum Gasteiger partial charge on any atom is 0.153 e. The molecule has 0 bridgehead atoms. The second-order valence-electron chi connectivity index (χ2n) is 3.17. The van der Waals surface area contributed by atoms with Gasteiger partial charge in [-0.15, -0.1) is 0 Å². The molecule has 0 spiro atoms. The molecule has 0 unspecified atom stereocenters. The zero-order valence-electron chi connectivity index (χ0n) is 7.81. The highest BCUT2D eigenvalue weighted by molar-refractivity contribution is 9.11. The van der Waals surface area contributed by atoms with Crippen molar-refractivity contribution in [1.29, 1.82) is 0 Å². The van der Waals surface area contributed by atoms with Gasteiger partial charge in [0, 0.05) is 10.2 Å². The maximum absolute atomic E-state index is 5.94. The van der Waals surface area contributed by atoms with Gasteiger partial charge in [0.2, 0.25) is 0 Å². The second-order valence-corrected chi connectivity index (χ2v) is 4.88. The minimum Gasteiger partial charge on any atom is -0.383 e. The molecule has 74 valence electrons. The average Bonchev–Trinajstić information content (AvgIpc) is 2.41. The molecule has 2 aromatic heterocycles. The number of aryl methyl sites for hydroxylation is 2. The Morgan fingerprint density at radius 3 is 2.57 bits per heavy atom. The predicted octanol–water partition coefficient (Wildman–Crippen LogP) is 3.06. The number of nitrogen functional groups attached to an aromatic ring is 1. The molecule has 3 nitrogen and oxygen atoms in total. The Morgan fingerprint density at radius 1 is 1.29 bits per heavy atom. The van der Waals surface area contributed by atoms with Gasteiger partial charge in [-0.1, -0.05) is 0 Å². The van der Waals surface area contributed by atoms with Crippen molar-refractivity contribution in [2.75, 3.05) is 5.73 Å². The molecular formula is C9H9Br2N3. The summed E-state index contributed by atoms with van der Waals surface area (Å²) in [6, 6.07) is 1.98. The predicted molar refractivity (Wildman–Crippen MR) is 64.5 cm³/mol. The van der Waals surface area contributed by atoms with Crippen molar-refractivity contribution in [3.63, 3.8) is 0 Å². The van der Waals surface area contributed by atoms with Gasteiger partial charge in [-0.3, -0.25) is 4.40 Å². The van der Waals surface area contributed by atoms with Crippen LogP contribution in [0.2, 0.25) is 0 Å². The molecule has 0 aliphatic rings. The first-order valence-electron chi connectivity index (χ1n) is 4.11. The van der Waals surface area contributed by atoms with Crippen LogP contribution in [0.3, 0.4) is 0 Å². The number of pyridine rings is 1. The standard InChI is InChI=1S/C9H9Br2N3/c1-4-8(12)14-5(2)6(10)3-7(11)9(14)13-4/h3H,12H2,1-2H3. The van der Waals surface area contributed by atoms with E-state index in [0.29, 0.717) is 5.82 Å². The lowest BCUT2D eigenvalue weighted by Crippen LogP contribution is -1.99. The highest BCUT2D eigenvalue weighted by Crippen LogP contribution is 2.29. The molecule has 14 heavy (non-hydrogen) atoms. The fourth-order valence-electron chi connectivity index (χ4n) is 1.43. The molecule has 2 rings (SSSR count). The monoisotopic (exact) mass is 317 g/mol. The van der Waals surface area contributed by atoms with E-state index < -0.39 is 0 Å². The van der Waals surface area contributed by atoms with Crippen LogP contribution in [0.4, 0.5) is 5.82 Å². The van der Waals surface area contributed by atoms with Gasteiger partial charge in [-0.2, -0.15) is 0 Å². The summed E-state index contributed by atoms with van der Waals surface area (Å²) in [6.07, 6.45) is 0. The first kappa shape index (κ1) is 9.98.